The van der Waals surface area contributed by atoms with Crippen LogP contribution >= 0.6 is 11.6 Å². The molecule has 0 aliphatic carbocycles. The molecule has 0 saturated carbocycles. The number of carbonyl (C=O) groups excluding carboxylic acids is 1. The maximum atomic E-state index is 12.0. The summed E-state index contributed by atoms with van der Waals surface area (Å²) in [4.78, 5) is 12.0. The van der Waals surface area contributed by atoms with Gasteiger partial charge in [0.2, 0.25) is 5.91 Å². The van der Waals surface area contributed by atoms with Crippen LogP contribution in [0.5, 0.6) is 5.75 Å². The largest absolute Gasteiger partial charge is 0.495 e. The Kier molecular flexibility index (Phi) is 5.67. The second kappa shape index (κ2) is 7.71. The van der Waals surface area contributed by atoms with Crippen molar-refractivity contribution in [2.45, 2.75) is 13.3 Å². The molecule has 0 saturated heterocycles. The standard InChI is InChI=1S/C17H19ClN2O2/c1-12-10-15(16(22-2)11-14(12)18)20-17(21)8-9-19-13-6-4-3-5-7-13/h3-7,10-11,19H,8-9H2,1-2H3,(H,20,21). The van der Waals surface area contributed by atoms with Gasteiger partial charge in [0.1, 0.15) is 5.75 Å². The number of ether oxygens (including phenoxy) is 1. The summed E-state index contributed by atoms with van der Waals surface area (Å²) in [5.41, 5.74) is 2.52. The lowest BCUT2D eigenvalue weighted by atomic mass is 10.2. The third kappa shape index (κ3) is 4.40. The zero-order valence-electron chi connectivity index (χ0n) is 12.7. The Morgan fingerprint density at radius 2 is 1.95 bits per heavy atom. The zero-order valence-corrected chi connectivity index (χ0v) is 13.4. The molecular formula is C17H19ClN2O2. The molecule has 116 valence electrons. The molecule has 1 amide bonds. The van der Waals surface area contributed by atoms with Crippen LogP contribution in [0.15, 0.2) is 42.5 Å². The molecule has 2 N–H and O–H groups in total. The first-order valence-corrected chi connectivity index (χ1v) is 7.41. The van der Waals surface area contributed by atoms with E-state index < -0.39 is 0 Å². The van der Waals surface area contributed by atoms with E-state index in [1.54, 1.807) is 13.2 Å². The van der Waals surface area contributed by atoms with Crippen LogP contribution < -0.4 is 15.4 Å². The first-order chi connectivity index (χ1) is 10.6. The number of aryl methyl sites for hydroxylation is 1. The monoisotopic (exact) mass is 318 g/mol. The maximum Gasteiger partial charge on any atom is 0.226 e. The number of rotatable bonds is 6. The number of amides is 1. The lowest BCUT2D eigenvalue weighted by molar-refractivity contribution is -0.115. The number of methoxy groups -OCH3 is 1. The molecular weight excluding hydrogens is 300 g/mol. The van der Waals surface area contributed by atoms with E-state index in [-0.39, 0.29) is 5.91 Å². The van der Waals surface area contributed by atoms with Crippen LogP contribution in [-0.4, -0.2) is 19.6 Å². The second-order valence-electron chi connectivity index (χ2n) is 4.89. The minimum absolute atomic E-state index is 0.0801. The number of anilines is 2. The third-order valence-corrected chi connectivity index (χ3v) is 3.62. The van der Waals surface area contributed by atoms with Gasteiger partial charge in [-0.1, -0.05) is 29.8 Å². The van der Waals surface area contributed by atoms with Gasteiger partial charge in [-0.25, -0.2) is 0 Å². The van der Waals surface area contributed by atoms with E-state index in [0.29, 0.717) is 29.4 Å². The molecule has 2 aromatic carbocycles. The van der Waals surface area contributed by atoms with E-state index in [2.05, 4.69) is 10.6 Å². The van der Waals surface area contributed by atoms with Crippen LogP contribution in [0.1, 0.15) is 12.0 Å². The first-order valence-electron chi connectivity index (χ1n) is 7.03. The summed E-state index contributed by atoms with van der Waals surface area (Å²) in [6.07, 6.45) is 0.361. The molecule has 0 bridgehead atoms. The predicted octanol–water partition coefficient (Wildman–Crippen LogP) is 4.10. The topological polar surface area (TPSA) is 50.4 Å². The van der Waals surface area contributed by atoms with E-state index >= 15 is 0 Å². The highest BCUT2D eigenvalue weighted by Gasteiger charge is 2.10. The molecule has 0 atom stereocenters. The average molecular weight is 319 g/mol. The highest BCUT2D eigenvalue weighted by atomic mass is 35.5. The molecule has 2 aromatic rings. The van der Waals surface area contributed by atoms with Crippen LogP contribution in [0.3, 0.4) is 0 Å². The average Bonchev–Trinajstić information content (AvgIpc) is 2.51. The Bertz CT molecular complexity index is 645. The molecule has 5 heteroatoms. The van der Waals surface area contributed by atoms with Crippen LogP contribution in [0, 0.1) is 6.92 Å². The lowest BCUT2D eigenvalue weighted by Crippen LogP contribution is -2.16. The van der Waals surface area contributed by atoms with Crippen LogP contribution in [0.25, 0.3) is 0 Å². The van der Waals surface area contributed by atoms with Gasteiger partial charge in [0.15, 0.2) is 0 Å². The fraction of sp³-hybridized carbons (Fsp3) is 0.235. The van der Waals surface area contributed by atoms with Crippen molar-refractivity contribution in [3.8, 4) is 5.75 Å². The SMILES string of the molecule is COc1cc(Cl)c(C)cc1NC(=O)CCNc1ccccc1. The minimum atomic E-state index is -0.0801. The number of benzene rings is 2. The molecule has 22 heavy (non-hydrogen) atoms. The predicted molar refractivity (Wildman–Crippen MR) is 90.9 cm³/mol. The van der Waals surface area contributed by atoms with Crippen molar-refractivity contribution in [1.82, 2.24) is 0 Å². The summed E-state index contributed by atoms with van der Waals surface area (Å²) >= 11 is 6.05. The van der Waals surface area contributed by atoms with E-state index in [1.165, 1.54) is 0 Å². The van der Waals surface area contributed by atoms with Crippen LogP contribution in [0.2, 0.25) is 5.02 Å². The summed E-state index contributed by atoms with van der Waals surface area (Å²) in [7, 11) is 1.55. The number of para-hydroxylation sites is 1. The molecule has 0 unspecified atom stereocenters. The van der Waals surface area contributed by atoms with E-state index in [1.807, 2.05) is 43.3 Å². The summed E-state index contributed by atoms with van der Waals surface area (Å²) in [6, 6.07) is 13.3. The van der Waals surface area contributed by atoms with E-state index in [9.17, 15) is 4.79 Å². The summed E-state index contributed by atoms with van der Waals surface area (Å²) in [5.74, 6) is 0.475. The molecule has 0 spiro atoms. The fourth-order valence-corrected chi connectivity index (χ4v) is 2.17. The second-order valence-corrected chi connectivity index (χ2v) is 5.30. The molecule has 0 radical (unpaired) electrons. The lowest BCUT2D eigenvalue weighted by Gasteiger charge is -2.12. The molecule has 4 nitrogen and oxygen atoms in total. The van der Waals surface area contributed by atoms with Gasteiger partial charge in [-0.15, -0.1) is 0 Å². The summed E-state index contributed by atoms with van der Waals surface area (Å²) < 4.78 is 5.24. The first kappa shape index (κ1) is 16.2. The molecule has 0 aliphatic rings. The van der Waals surface area contributed by atoms with Gasteiger partial charge in [-0.3, -0.25) is 4.79 Å². The highest BCUT2D eigenvalue weighted by molar-refractivity contribution is 6.31. The summed E-state index contributed by atoms with van der Waals surface area (Å²) in [5, 5.41) is 6.66. The Labute approximate surface area is 135 Å². The maximum absolute atomic E-state index is 12.0. The van der Waals surface area contributed by atoms with Gasteiger partial charge in [0, 0.05) is 29.7 Å². The van der Waals surface area contributed by atoms with Crippen molar-refractivity contribution in [2.75, 3.05) is 24.3 Å². The number of hydrogen-bond acceptors (Lipinski definition) is 3. The van der Waals surface area contributed by atoms with Crippen molar-refractivity contribution >= 4 is 28.9 Å². The van der Waals surface area contributed by atoms with Gasteiger partial charge in [-0.05, 0) is 30.7 Å². The minimum Gasteiger partial charge on any atom is -0.495 e. The van der Waals surface area contributed by atoms with Gasteiger partial charge >= 0.3 is 0 Å². The number of carbonyl (C=O) groups is 1. The van der Waals surface area contributed by atoms with Gasteiger partial charge in [-0.2, -0.15) is 0 Å². The van der Waals surface area contributed by atoms with E-state index in [4.69, 9.17) is 16.3 Å². The van der Waals surface area contributed by atoms with Crippen molar-refractivity contribution in [1.29, 1.82) is 0 Å². The summed E-state index contributed by atoms with van der Waals surface area (Å²) in [6.45, 7) is 2.44. The Balaban J connectivity index is 1.90. The molecule has 2 rings (SSSR count). The van der Waals surface area contributed by atoms with Crippen molar-refractivity contribution in [3.05, 3.63) is 53.1 Å². The Morgan fingerprint density at radius 1 is 1.23 bits per heavy atom. The zero-order chi connectivity index (χ0) is 15.9. The van der Waals surface area contributed by atoms with Crippen LogP contribution in [0.4, 0.5) is 11.4 Å². The van der Waals surface area contributed by atoms with Crippen LogP contribution in [-0.2, 0) is 4.79 Å². The van der Waals surface area contributed by atoms with Crippen molar-refractivity contribution in [3.63, 3.8) is 0 Å². The number of halogens is 1. The molecule has 0 heterocycles. The van der Waals surface area contributed by atoms with Gasteiger partial charge < -0.3 is 15.4 Å². The smallest absolute Gasteiger partial charge is 0.226 e. The highest BCUT2D eigenvalue weighted by Crippen LogP contribution is 2.30. The van der Waals surface area contributed by atoms with Crippen molar-refractivity contribution in [2.24, 2.45) is 0 Å². The Hall–Kier alpha value is -2.20. The number of nitrogens with one attached hydrogen (secondary N) is 2. The molecule has 0 aromatic heterocycles. The van der Waals surface area contributed by atoms with Crippen molar-refractivity contribution < 1.29 is 9.53 Å². The third-order valence-electron chi connectivity index (χ3n) is 3.21. The fourth-order valence-electron chi connectivity index (χ4n) is 2.02. The van der Waals surface area contributed by atoms with Gasteiger partial charge in [0.05, 0.1) is 12.8 Å². The van der Waals surface area contributed by atoms with Gasteiger partial charge in [0.25, 0.3) is 0 Å². The normalized spacial score (nSPS) is 10.1. The Morgan fingerprint density at radius 3 is 2.64 bits per heavy atom. The molecule has 0 aliphatic heterocycles. The van der Waals surface area contributed by atoms with E-state index in [0.717, 1.165) is 11.3 Å². The number of hydrogen-bond donors (Lipinski definition) is 2. The molecule has 0 fully saturated rings. The quantitative estimate of drug-likeness (QED) is 0.843.